The molecule has 0 saturated heterocycles. The van der Waals surface area contributed by atoms with Gasteiger partial charge in [-0.25, -0.2) is 4.98 Å². The number of nitrogens with zero attached hydrogens (tertiary/aromatic N) is 2. The van der Waals surface area contributed by atoms with Crippen LogP contribution < -0.4 is 0 Å². The maximum absolute atomic E-state index is 10.4. The van der Waals surface area contributed by atoms with Gasteiger partial charge in [0, 0.05) is 5.56 Å². The molecule has 94 valence electrons. The van der Waals surface area contributed by atoms with Crippen molar-refractivity contribution in [1.82, 2.24) is 15.2 Å². The molecule has 0 radical (unpaired) electrons. The van der Waals surface area contributed by atoms with Crippen molar-refractivity contribution < 1.29 is 15.0 Å². The van der Waals surface area contributed by atoms with Gasteiger partial charge in [0.05, 0.1) is 5.75 Å². The molecule has 6 nitrogen and oxygen atoms in total. The number of hydrogen-bond donors (Lipinski definition) is 3. The van der Waals surface area contributed by atoms with E-state index in [1.165, 1.54) is 0 Å². The lowest BCUT2D eigenvalue weighted by atomic mass is 10.1. The molecule has 3 N–H and O–H groups in total. The van der Waals surface area contributed by atoms with Crippen LogP contribution in [0.1, 0.15) is 5.56 Å². The van der Waals surface area contributed by atoms with Gasteiger partial charge in [0.2, 0.25) is 5.16 Å². The van der Waals surface area contributed by atoms with E-state index in [2.05, 4.69) is 15.2 Å². The summed E-state index contributed by atoms with van der Waals surface area (Å²) in [7, 11) is 0. The second-order valence-electron chi connectivity index (χ2n) is 3.65. The molecule has 2 rings (SSSR count). The number of phenolic OH excluding ortho intramolecular Hbond substituents is 1. The van der Waals surface area contributed by atoms with Gasteiger partial charge in [-0.1, -0.05) is 23.9 Å². The van der Waals surface area contributed by atoms with E-state index in [9.17, 15) is 9.90 Å². The maximum Gasteiger partial charge on any atom is 0.313 e. The Kier molecular flexibility index (Phi) is 3.52. The molecule has 0 aliphatic carbocycles. The van der Waals surface area contributed by atoms with Crippen LogP contribution in [-0.4, -0.2) is 37.1 Å². The van der Waals surface area contributed by atoms with Crippen molar-refractivity contribution in [3.8, 4) is 17.1 Å². The Labute approximate surface area is 107 Å². The van der Waals surface area contributed by atoms with Crippen LogP contribution in [0.15, 0.2) is 23.4 Å². The van der Waals surface area contributed by atoms with Crippen molar-refractivity contribution in [2.45, 2.75) is 12.1 Å². The molecule has 0 bridgehead atoms. The van der Waals surface area contributed by atoms with Crippen LogP contribution in [0.3, 0.4) is 0 Å². The highest BCUT2D eigenvalue weighted by Gasteiger charge is 2.09. The number of phenols is 1. The SMILES string of the molecule is Cc1ccc(-c2nc(SCC(=O)O)n[nH]2)cc1O. The number of carboxylic acid groups (broad SMARTS) is 1. The first-order valence-electron chi connectivity index (χ1n) is 5.13. The highest BCUT2D eigenvalue weighted by Crippen LogP contribution is 2.24. The Balaban J connectivity index is 2.18. The van der Waals surface area contributed by atoms with Crippen molar-refractivity contribution in [3.63, 3.8) is 0 Å². The van der Waals surface area contributed by atoms with E-state index in [0.29, 0.717) is 16.5 Å². The zero-order chi connectivity index (χ0) is 13.1. The highest BCUT2D eigenvalue weighted by atomic mass is 32.2. The zero-order valence-electron chi connectivity index (χ0n) is 9.54. The zero-order valence-corrected chi connectivity index (χ0v) is 10.4. The van der Waals surface area contributed by atoms with Gasteiger partial charge < -0.3 is 10.2 Å². The third-order valence-electron chi connectivity index (χ3n) is 2.27. The van der Waals surface area contributed by atoms with Gasteiger partial charge in [-0.15, -0.1) is 5.10 Å². The molecule has 0 spiro atoms. The van der Waals surface area contributed by atoms with Crippen LogP contribution in [0.5, 0.6) is 5.75 Å². The van der Waals surface area contributed by atoms with E-state index in [4.69, 9.17) is 5.11 Å². The van der Waals surface area contributed by atoms with Crippen molar-refractivity contribution in [3.05, 3.63) is 23.8 Å². The molecule has 0 unspecified atom stereocenters. The van der Waals surface area contributed by atoms with E-state index < -0.39 is 5.97 Å². The van der Waals surface area contributed by atoms with E-state index >= 15 is 0 Å². The molecule has 0 atom stereocenters. The normalized spacial score (nSPS) is 10.5. The molecule has 0 fully saturated rings. The smallest absolute Gasteiger partial charge is 0.313 e. The molecule has 1 aromatic carbocycles. The van der Waals surface area contributed by atoms with E-state index in [0.717, 1.165) is 17.3 Å². The number of aliphatic carboxylic acids is 1. The van der Waals surface area contributed by atoms with Crippen molar-refractivity contribution >= 4 is 17.7 Å². The number of aryl methyl sites for hydroxylation is 1. The second-order valence-corrected chi connectivity index (χ2v) is 4.59. The Morgan fingerprint density at radius 2 is 2.28 bits per heavy atom. The third-order valence-corrected chi connectivity index (χ3v) is 3.10. The average Bonchev–Trinajstić information content (AvgIpc) is 2.79. The Morgan fingerprint density at radius 1 is 1.50 bits per heavy atom. The fourth-order valence-electron chi connectivity index (χ4n) is 1.32. The lowest BCUT2D eigenvalue weighted by Gasteiger charge is -2.00. The summed E-state index contributed by atoms with van der Waals surface area (Å²) in [5, 5.41) is 25.1. The van der Waals surface area contributed by atoms with Crippen LogP contribution in [0.2, 0.25) is 0 Å². The molecule has 1 heterocycles. The lowest BCUT2D eigenvalue weighted by molar-refractivity contribution is -0.133. The predicted octanol–water partition coefficient (Wildman–Crippen LogP) is 1.66. The summed E-state index contributed by atoms with van der Waals surface area (Å²) in [5.41, 5.74) is 1.48. The number of carbonyl (C=O) groups is 1. The largest absolute Gasteiger partial charge is 0.508 e. The molecular weight excluding hydrogens is 254 g/mol. The number of aromatic amines is 1. The minimum Gasteiger partial charge on any atom is -0.508 e. The first-order chi connectivity index (χ1) is 8.56. The van der Waals surface area contributed by atoms with Crippen LogP contribution >= 0.6 is 11.8 Å². The van der Waals surface area contributed by atoms with Crippen LogP contribution in [-0.2, 0) is 4.79 Å². The topological polar surface area (TPSA) is 99.1 Å². The molecule has 0 saturated carbocycles. The summed E-state index contributed by atoms with van der Waals surface area (Å²) in [4.78, 5) is 14.6. The van der Waals surface area contributed by atoms with Gasteiger partial charge in [-0.3, -0.25) is 9.89 Å². The molecule has 0 amide bonds. The van der Waals surface area contributed by atoms with Gasteiger partial charge in [-0.05, 0) is 18.6 Å². The first-order valence-corrected chi connectivity index (χ1v) is 6.12. The van der Waals surface area contributed by atoms with Crippen LogP contribution in [0.4, 0.5) is 0 Å². The molecule has 7 heteroatoms. The number of hydrogen-bond acceptors (Lipinski definition) is 5. The number of nitrogens with one attached hydrogen (secondary N) is 1. The van der Waals surface area contributed by atoms with Gasteiger partial charge >= 0.3 is 5.97 Å². The standard InChI is InChI=1S/C11H11N3O3S/c1-6-2-3-7(4-8(6)15)10-12-11(14-13-10)18-5-9(16)17/h2-4,15H,5H2,1H3,(H,16,17)(H,12,13,14). The molecule has 2 aromatic rings. The predicted molar refractivity (Wildman–Crippen MR) is 66.6 cm³/mol. The minimum absolute atomic E-state index is 0.0869. The monoisotopic (exact) mass is 265 g/mol. The van der Waals surface area contributed by atoms with Crippen LogP contribution in [0, 0.1) is 6.92 Å². The highest BCUT2D eigenvalue weighted by molar-refractivity contribution is 7.99. The third kappa shape index (κ3) is 2.80. The molecular formula is C11H11N3O3S. The van der Waals surface area contributed by atoms with E-state index in [1.807, 2.05) is 0 Å². The molecule has 1 aromatic heterocycles. The Hall–Kier alpha value is -2.02. The number of rotatable bonds is 4. The molecule has 0 aliphatic rings. The average molecular weight is 265 g/mol. The Morgan fingerprint density at radius 3 is 2.94 bits per heavy atom. The van der Waals surface area contributed by atoms with Crippen molar-refractivity contribution in [2.24, 2.45) is 0 Å². The van der Waals surface area contributed by atoms with Gasteiger partial charge in [0.1, 0.15) is 5.75 Å². The fourth-order valence-corrected chi connectivity index (χ4v) is 1.84. The summed E-state index contributed by atoms with van der Waals surface area (Å²) in [5.74, 6) is -0.322. The summed E-state index contributed by atoms with van der Waals surface area (Å²) < 4.78 is 0. The Bertz CT molecular complexity index is 583. The number of aromatic nitrogens is 3. The van der Waals surface area contributed by atoms with Gasteiger partial charge in [0.15, 0.2) is 5.82 Å². The minimum atomic E-state index is -0.917. The number of aromatic hydroxyl groups is 1. The first kappa shape index (κ1) is 12.4. The number of benzene rings is 1. The number of thioether (sulfide) groups is 1. The van der Waals surface area contributed by atoms with E-state index in [-0.39, 0.29) is 11.5 Å². The number of carboxylic acids is 1. The maximum atomic E-state index is 10.4. The van der Waals surface area contributed by atoms with E-state index in [1.54, 1.807) is 25.1 Å². The lowest BCUT2D eigenvalue weighted by Crippen LogP contribution is -1.97. The fraction of sp³-hybridized carbons (Fsp3) is 0.182. The summed E-state index contributed by atoms with van der Waals surface area (Å²) in [6.45, 7) is 1.80. The summed E-state index contributed by atoms with van der Waals surface area (Å²) in [6.07, 6.45) is 0. The quantitative estimate of drug-likeness (QED) is 0.727. The van der Waals surface area contributed by atoms with Gasteiger partial charge in [-0.2, -0.15) is 0 Å². The summed E-state index contributed by atoms with van der Waals surface area (Å²) >= 11 is 1.04. The molecule has 18 heavy (non-hydrogen) atoms. The van der Waals surface area contributed by atoms with Crippen molar-refractivity contribution in [1.29, 1.82) is 0 Å². The van der Waals surface area contributed by atoms with Crippen LogP contribution in [0.25, 0.3) is 11.4 Å². The second kappa shape index (κ2) is 5.09. The molecule has 0 aliphatic heterocycles. The van der Waals surface area contributed by atoms with Crippen molar-refractivity contribution in [2.75, 3.05) is 5.75 Å². The van der Waals surface area contributed by atoms with Gasteiger partial charge in [0.25, 0.3) is 0 Å². The summed E-state index contributed by atoms with van der Waals surface area (Å²) in [6, 6.07) is 5.17. The number of H-pyrrole nitrogens is 1.